The van der Waals surface area contributed by atoms with Gasteiger partial charge in [-0.25, -0.2) is 15.0 Å². The molecule has 2 aromatic heterocycles. The number of non-ortho nitro benzene ring substituents is 1. The van der Waals surface area contributed by atoms with Gasteiger partial charge in [-0.3, -0.25) is 10.1 Å². The number of thiazole rings is 1. The smallest absolute Gasteiger partial charge is 0.270 e. The summed E-state index contributed by atoms with van der Waals surface area (Å²) in [5, 5.41) is 15.3. The van der Waals surface area contributed by atoms with Crippen LogP contribution in [0.5, 0.6) is 0 Å². The van der Waals surface area contributed by atoms with Gasteiger partial charge in [0.25, 0.3) is 5.69 Å². The van der Waals surface area contributed by atoms with E-state index in [1.807, 2.05) is 26.1 Å². The molecule has 0 saturated heterocycles. The van der Waals surface area contributed by atoms with Crippen molar-refractivity contribution >= 4 is 22.8 Å². The van der Waals surface area contributed by atoms with Gasteiger partial charge >= 0.3 is 0 Å². The van der Waals surface area contributed by atoms with Crippen LogP contribution in [0.15, 0.2) is 36.5 Å². The highest BCUT2D eigenvalue weighted by Crippen LogP contribution is 2.26. The zero-order valence-corrected chi connectivity index (χ0v) is 15.6. The van der Waals surface area contributed by atoms with Crippen LogP contribution in [0.4, 0.5) is 11.5 Å². The highest BCUT2D eigenvalue weighted by atomic mass is 32.1. The molecule has 0 aliphatic carbocycles. The number of nitrogens with one attached hydrogen (secondary N) is 1. The second-order valence-corrected chi connectivity index (χ2v) is 7.06. The molecule has 1 N–H and O–H groups in total. The van der Waals surface area contributed by atoms with Gasteiger partial charge in [-0.15, -0.1) is 11.3 Å². The SMILES string of the molecule is CCc1cnc(C(C)Nc2cc(C)nc(-c3cccc([N+](=O)[O-])c3)n2)s1. The Labute approximate surface area is 155 Å². The number of nitro groups is 1. The zero-order chi connectivity index (χ0) is 18.7. The highest BCUT2D eigenvalue weighted by Gasteiger charge is 2.14. The normalized spacial score (nSPS) is 12.0. The second-order valence-electron chi connectivity index (χ2n) is 5.91. The molecule has 0 radical (unpaired) electrons. The van der Waals surface area contributed by atoms with Gasteiger partial charge in [0.1, 0.15) is 10.8 Å². The van der Waals surface area contributed by atoms with Gasteiger partial charge in [0, 0.05) is 40.5 Å². The number of hydrogen-bond donors (Lipinski definition) is 1. The van der Waals surface area contributed by atoms with Crippen LogP contribution in [-0.4, -0.2) is 19.9 Å². The quantitative estimate of drug-likeness (QED) is 0.506. The Morgan fingerprint density at radius 2 is 2.12 bits per heavy atom. The Hall–Kier alpha value is -2.87. The average Bonchev–Trinajstić information content (AvgIpc) is 3.10. The lowest BCUT2D eigenvalue weighted by molar-refractivity contribution is -0.384. The molecule has 0 aliphatic heterocycles. The van der Waals surface area contributed by atoms with Crippen molar-refractivity contribution in [3.8, 4) is 11.4 Å². The van der Waals surface area contributed by atoms with E-state index in [9.17, 15) is 10.1 Å². The van der Waals surface area contributed by atoms with E-state index in [0.29, 0.717) is 17.2 Å². The first-order chi connectivity index (χ1) is 12.5. The highest BCUT2D eigenvalue weighted by molar-refractivity contribution is 7.11. The molecule has 1 unspecified atom stereocenters. The lowest BCUT2D eigenvalue weighted by Crippen LogP contribution is -2.09. The van der Waals surface area contributed by atoms with Crippen molar-refractivity contribution in [3.05, 3.63) is 62.2 Å². The molecule has 0 bridgehead atoms. The van der Waals surface area contributed by atoms with Crippen LogP contribution in [-0.2, 0) is 6.42 Å². The number of benzene rings is 1. The molecular formula is C18H19N5O2S. The number of rotatable bonds is 6. The van der Waals surface area contributed by atoms with Gasteiger partial charge in [-0.1, -0.05) is 19.1 Å². The van der Waals surface area contributed by atoms with Gasteiger partial charge < -0.3 is 5.32 Å². The number of anilines is 1. The van der Waals surface area contributed by atoms with E-state index in [2.05, 4.69) is 27.2 Å². The van der Waals surface area contributed by atoms with Crippen molar-refractivity contribution in [2.24, 2.45) is 0 Å². The first-order valence-electron chi connectivity index (χ1n) is 8.28. The third kappa shape index (κ3) is 4.02. The lowest BCUT2D eigenvalue weighted by Gasteiger charge is -2.13. The Morgan fingerprint density at radius 1 is 1.31 bits per heavy atom. The Morgan fingerprint density at radius 3 is 2.81 bits per heavy atom. The molecule has 3 rings (SSSR count). The summed E-state index contributed by atoms with van der Waals surface area (Å²) in [7, 11) is 0. The molecule has 26 heavy (non-hydrogen) atoms. The average molecular weight is 369 g/mol. The first kappa shape index (κ1) is 17.9. The van der Waals surface area contributed by atoms with Crippen LogP contribution < -0.4 is 5.32 Å². The second kappa shape index (κ2) is 7.57. The van der Waals surface area contributed by atoms with Crippen molar-refractivity contribution in [2.75, 3.05) is 5.32 Å². The summed E-state index contributed by atoms with van der Waals surface area (Å²) < 4.78 is 0. The van der Waals surface area contributed by atoms with Gasteiger partial charge in [-0.2, -0.15) is 0 Å². The molecule has 1 atom stereocenters. The van der Waals surface area contributed by atoms with E-state index >= 15 is 0 Å². The van der Waals surface area contributed by atoms with Crippen LogP contribution in [0.1, 0.15) is 35.5 Å². The maximum absolute atomic E-state index is 11.0. The number of hydrogen-bond acceptors (Lipinski definition) is 7. The molecule has 134 valence electrons. The fraction of sp³-hybridized carbons (Fsp3) is 0.278. The summed E-state index contributed by atoms with van der Waals surface area (Å²) in [5.74, 6) is 1.12. The van der Waals surface area contributed by atoms with Crippen molar-refractivity contribution in [1.82, 2.24) is 15.0 Å². The monoisotopic (exact) mass is 369 g/mol. The third-order valence-corrected chi connectivity index (χ3v) is 5.15. The van der Waals surface area contributed by atoms with E-state index in [0.717, 1.165) is 17.1 Å². The fourth-order valence-corrected chi connectivity index (χ4v) is 3.36. The number of nitro benzene ring substituents is 1. The molecule has 1 aromatic carbocycles. The molecule has 7 nitrogen and oxygen atoms in total. The van der Waals surface area contributed by atoms with E-state index in [-0.39, 0.29) is 11.7 Å². The number of aryl methyl sites for hydroxylation is 2. The van der Waals surface area contributed by atoms with Crippen molar-refractivity contribution in [2.45, 2.75) is 33.2 Å². The minimum atomic E-state index is -0.422. The van der Waals surface area contributed by atoms with Crippen molar-refractivity contribution in [3.63, 3.8) is 0 Å². The molecular weight excluding hydrogens is 350 g/mol. The predicted molar refractivity (Wildman–Crippen MR) is 102 cm³/mol. The molecule has 2 heterocycles. The number of nitrogens with zero attached hydrogens (tertiary/aromatic N) is 4. The summed E-state index contributed by atoms with van der Waals surface area (Å²) in [6, 6.07) is 8.20. The van der Waals surface area contributed by atoms with E-state index in [4.69, 9.17) is 0 Å². The van der Waals surface area contributed by atoms with Crippen LogP contribution >= 0.6 is 11.3 Å². The number of aromatic nitrogens is 3. The summed E-state index contributed by atoms with van der Waals surface area (Å²) >= 11 is 1.68. The molecule has 8 heteroatoms. The van der Waals surface area contributed by atoms with Crippen LogP contribution in [0.2, 0.25) is 0 Å². The third-order valence-electron chi connectivity index (χ3n) is 3.82. The van der Waals surface area contributed by atoms with Crippen LogP contribution in [0.25, 0.3) is 11.4 Å². The van der Waals surface area contributed by atoms with Gasteiger partial charge in [0.05, 0.1) is 11.0 Å². The Bertz CT molecular complexity index is 941. The molecule has 0 amide bonds. The maximum Gasteiger partial charge on any atom is 0.270 e. The zero-order valence-electron chi connectivity index (χ0n) is 14.8. The van der Waals surface area contributed by atoms with E-state index < -0.39 is 4.92 Å². The minimum absolute atomic E-state index is 0.00700. The Kier molecular flexibility index (Phi) is 5.22. The van der Waals surface area contributed by atoms with E-state index in [1.165, 1.54) is 17.0 Å². The minimum Gasteiger partial charge on any atom is -0.361 e. The summed E-state index contributed by atoms with van der Waals surface area (Å²) in [6.07, 6.45) is 2.87. The lowest BCUT2D eigenvalue weighted by atomic mass is 10.2. The molecule has 0 fully saturated rings. The molecule has 0 aliphatic rings. The van der Waals surface area contributed by atoms with Gasteiger partial charge in [0.2, 0.25) is 0 Å². The van der Waals surface area contributed by atoms with Crippen LogP contribution in [0.3, 0.4) is 0 Å². The summed E-state index contributed by atoms with van der Waals surface area (Å²) in [4.78, 5) is 25.2. The summed E-state index contributed by atoms with van der Waals surface area (Å²) in [6.45, 7) is 6.01. The Balaban J connectivity index is 1.88. The topological polar surface area (TPSA) is 93.8 Å². The largest absolute Gasteiger partial charge is 0.361 e. The van der Waals surface area contributed by atoms with Gasteiger partial charge in [0.15, 0.2) is 5.82 Å². The maximum atomic E-state index is 11.0. The predicted octanol–water partition coefficient (Wildman–Crippen LogP) is 4.55. The first-order valence-corrected chi connectivity index (χ1v) is 9.09. The standard InChI is InChI=1S/C18H19N5O2S/c1-4-15-10-19-18(26-15)12(3)21-16-8-11(2)20-17(22-16)13-6-5-7-14(9-13)23(24)25/h5-10,12H,4H2,1-3H3,(H,20,21,22). The van der Waals surface area contributed by atoms with Crippen molar-refractivity contribution in [1.29, 1.82) is 0 Å². The molecule has 3 aromatic rings. The molecule has 0 spiro atoms. The van der Waals surface area contributed by atoms with Crippen LogP contribution in [0, 0.1) is 17.0 Å². The fourth-order valence-electron chi connectivity index (χ4n) is 2.50. The summed E-state index contributed by atoms with van der Waals surface area (Å²) in [5.41, 5.74) is 1.41. The molecule has 0 saturated carbocycles. The van der Waals surface area contributed by atoms with Gasteiger partial charge in [-0.05, 0) is 20.3 Å². The van der Waals surface area contributed by atoms with Crippen molar-refractivity contribution < 1.29 is 4.92 Å². The van der Waals surface area contributed by atoms with E-state index in [1.54, 1.807) is 23.5 Å².